The Morgan fingerprint density at radius 2 is 1.43 bits per heavy atom. The van der Waals surface area contributed by atoms with E-state index in [9.17, 15) is 0 Å². The quantitative estimate of drug-likeness (QED) is 0.473. The van der Waals surface area contributed by atoms with Gasteiger partial charge in [0.2, 0.25) is 17.1 Å². The van der Waals surface area contributed by atoms with E-state index in [1.807, 2.05) is 72.6 Å². The Balaban J connectivity index is 1.85. The van der Waals surface area contributed by atoms with Crippen LogP contribution in [0.4, 0.5) is 23.3 Å². The van der Waals surface area contributed by atoms with Crippen molar-refractivity contribution in [1.82, 2.24) is 19.9 Å². The Kier molecular flexibility index (Phi) is 6.83. The third kappa shape index (κ3) is 5.70. The molecule has 0 saturated carbocycles. The van der Waals surface area contributed by atoms with Crippen molar-refractivity contribution >= 4 is 35.0 Å². The van der Waals surface area contributed by atoms with Crippen LogP contribution in [0.5, 0.6) is 0 Å². The average Bonchev–Trinajstić information content (AvgIpc) is 2.69. The Hall–Kier alpha value is -3.10. The van der Waals surface area contributed by atoms with Crippen molar-refractivity contribution in [1.29, 1.82) is 0 Å². The monoisotopic (exact) mass is 393 g/mol. The van der Waals surface area contributed by atoms with Gasteiger partial charge in [0.15, 0.2) is 0 Å². The predicted octanol–water partition coefficient (Wildman–Crippen LogP) is 3.81. The smallest absolute Gasteiger partial charge is 0.233 e. The van der Waals surface area contributed by atoms with Crippen molar-refractivity contribution in [2.24, 2.45) is 5.73 Å². The maximum Gasteiger partial charge on any atom is 0.233 e. The molecule has 3 rings (SSSR count). The summed E-state index contributed by atoms with van der Waals surface area (Å²) < 4.78 is 0. The van der Waals surface area contributed by atoms with Gasteiger partial charge in [-0.25, -0.2) is 0 Å². The summed E-state index contributed by atoms with van der Waals surface area (Å²) in [6.07, 6.45) is 0. The molecule has 0 saturated heterocycles. The van der Waals surface area contributed by atoms with Crippen molar-refractivity contribution in [3.63, 3.8) is 0 Å². The first kappa shape index (κ1) is 19.7. The molecule has 0 aliphatic carbocycles. The van der Waals surface area contributed by atoms with Crippen molar-refractivity contribution in [3.8, 4) is 0 Å². The highest BCUT2D eigenvalue weighted by molar-refractivity contribution is 8.02. The van der Waals surface area contributed by atoms with Gasteiger partial charge < -0.3 is 21.3 Å². The van der Waals surface area contributed by atoms with Gasteiger partial charge in [0.1, 0.15) is 0 Å². The molecule has 8 heteroatoms. The molecule has 0 fully saturated rings. The van der Waals surface area contributed by atoms with Crippen LogP contribution in [0.15, 0.2) is 77.4 Å². The first-order valence-electron chi connectivity index (χ1n) is 8.82. The molecule has 0 amide bonds. The maximum absolute atomic E-state index is 5.63. The number of hydrogen-bond acceptors (Lipinski definition) is 8. The first-order chi connectivity index (χ1) is 13.6. The number of hydrogen-bond donors (Lipinski definition) is 3. The lowest BCUT2D eigenvalue weighted by Gasteiger charge is -2.19. The van der Waals surface area contributed by atoms with E-state index in [2.05, 4.69) is 32.2 Å². The van der Waals surface area contributed by atoms with E-state index in [0.717, 1.165) is 16.4 Å². The topological polar surface area (TPSA) is 92.0 Å². The van der Waals surface area contributed by atoms with Gasteiger partial charge in [-0.15, -0.1) is 0 Å². The highest BCUT2D eigenvalue weighted by Gasteiger charge is 2.11. The normalized spacial score (nSPS) is 10.4. The minimum atomic E-state index is 0.455. The molecule has 2 aromatic carbocycles. The molecule has 0 bridgehead atoms. The largest absolute Gasteiger partial charge is 0.368 e. The van der Waals surface area contributed by atoms with Crippen molar-refractivity contribution in [2.75, 3.05) is 30.8 Å². The van der Waals surface area contributed by atoms with Gasteiger partial charge in [-0.3, -0.25) is 0 Å². The van der Waals surface area contributed by atoms with Crippen molar-refractivity contribution in [3.05, 3.63) is 72.3 Å². The lowest BCUT2D eigenvalue weighted by Crippen LogP contribution is -2.23. The Morgan fingerprint density at radius 3 is 1.89 bits per heavy atom. The van der Waals surface area contributed by atoms with Gasteiger partial charge >= 0.3 is 0 Å². The van der Waals surface area contributed by atoms with E-state index in [0.29, 0.717) is 30.1 Å². The summed E-state index contributed by atoms with van der Waals surface area (Å²) in [5, 5.41) is 7.79. The lowest BCUT2D eigenvalue weighted by atomic mass is 10.3. The summed E-state index contributed by atoms with van der Waals surface area (Å²) in [5.41, 5.74) is 7.42. The zero-order chi connectivity index (χ0) is 19.8. The van der Waals surface area contributed by atoms with Crippen LogP contribution >= 0.6 is 11.8 Å². The van der Waals surface area contributed by atoms with Crippen LogP contribution in [0.2, 0.25) is 0 Å². The average molecular weight is 394 g/mol. The Morgan fingerprint density at radius 1 is 0.929 bits per heavy atom. The molecule has 0 aliphatic rings. The number of thioether (sulfide) groups is 1. The molecule has 1 aromatic heterocycles. The molecule has 7 nitrogen and oxygen atoms in total. The summed E-state index contributed by atoms with van der Waals surface area (Å²) in [5.74, 6) is 0.910. The van der Waals surface area contributed by atoms with Crippen LogP contribution in [-0.2, 0) is 0 Å². The Bertz CT molecular complexity index is 843. The van der Waals surface area contributed by atoms with E-state index >= 15 is 0 Å². The second-order valence-electron chi connectivity index (χ2n) is 5.95. The number of benzene rings is 2. The van der Waals surface area contributed by atoms with Crippen LogP contribution < -0.4 is 16.4 Å². The number of nitrogens with one attached hydrogen (secondary N) is 2. The summed E-state index contributed by atoms with van der Waals surface area (Å²) in [7, 11) is 1.94. The fourth-order valence-electron chi connectivity index (χ4n) is 2.32. The van der Waals surface area contributed by atoms with Crippen LogP contribution in [0.3, 0.4) is 0 Å². The Labute approximate surface area is 169 Å². The van der Waals surface area contributed by atoms with Gasteiger partial charge in [0, 0.05) is 31.5 Å². The predicted molar refractivity (Wildman–Crippen MR) is 116 cm³/mol. The third-order valence-electron chi connectivity index (χ3n) is 3.77. The second-order valence-corrected chi connectivity index (χ2v) is 6.99. The molecule has 0 unspecified atom stereocenters. The summed E-state index contributed by atoms with van der Waals surface area (Å²) in [4.78, 5) is 15.5. The molecule has 0 radical (unpaired) electrons. The second kappa shape index (κ2) is 9.72. The molecule has 0 spiro atoms. The minimum Gasteiger partial charge on any atom is -0.368 e. The van der Waals surface area contributed by atoms with Crippen molar-refractivity contribution < 1.29 is 0 Å². The summed E-state index contributed by atoms with van der Waals surface area (Å²) in [6, 6.07) is 19.5. The van der Waals surface area contributed by atoms with E-state index < -0.39 is 0 Å². The van der Waals surface area contributed by atoms with Crippen molar-refractivity contribution in [2.45, 2.75) is 5.16 Å². The van der Waals surface area contributed by atoms with Crippen LogP contribution in [-0.4, -0.2) is 40.0 Å². The fraction of sp³-hybridized carbons (Fsp3) is 0.150. The van der Waals surface area contributed by atoms with Crippen LogP contribution in [0, 0.1) is 0 Å². The van der Waals surface area contributed by atoms with Gasteiger partial charge in [0.25, 0.3) is 0 Å². The van der Waals surface area contributed by atoms with Gasteiger partial charge in [-0.05, 0) is 36.0 Å². The standard InChI is InChI=1S/C20H23N7S/c1-15(27(2)14-13-21)28-20-25-18(22-16-9-5-3-6-10-16)24-19(26-20)23-17-11-7-4-8-12-17/h3-12H,1,13-14,21H2,2H3,(H2,22,23,24,25,26). The van der Waals surface area contributed by atoms with Gasteiger partial charge in [-0.1, -0.05) is 43.0 Å². The molecule has 1 heterocycles. The van der Waals surface area contributed by atoms with Crippen LogP contribution in [0.25, 0.3) is 0 Å². The minimum absolute atomic E-state index is 0.455. The molecule has 0 aliphatic heterocycles. The zero-order valence-electron chi connectivity index (χ0n) is 15.7. The van der Waals surface area contributed by atoms with E-state index in [1.165, 1.54) is 11.8 Å². The number of anilines is 4. The summed E-state index contributed by atoms with van der Waals surface area (Å²) in [6.45, 7) is 5.35. The lowest BCUT2D eigenvalue weighted by molar-refractivity contribution is 0.458. The molecular weight excluding hydrogens is 370 g/mol. The van der Waals surface area contributed by atoms with E-state index in [-0.39, 0.29) is 0 Å². The number of nitrogens with two attached hydrogens (primary N) is 1. The molecular formula is C20H23N7S. The fourth-order valence-corrected chi connectivity index (χ4v) is 3.04. The zero-order valence-corrected chi connectivity index (χ0v) is 16.5. The highest BCUT2D eigenvalue weighted by atomic mass is 32.2. The first-order valence-corrected chi connectivity index (χ1v) is 9.64. The molecule has 3 aromatic rings. The number of aromatic nitrogens is 3. The summed E-state index contributed by atoms with van der Waals surface area (Å²) >= 11 is 1.37. The number of rotatable bonds is 9. The molecule has 4 N–H and O–H groups in total. The molecule has 144 valence electrons. The highest BCUT2D eigenvalue weighted by Crippen LogP contribution is 2.27. The SMILES string of the molecule is C=C(Sc1nc(Nc2ccccc2)nc(Nc2ccccc2)n1)N(C)CCN. The van der Waals surface area contributed by atoms with Gasteiger partial charge in [0.05, 0.1) is 5.03 Å². The third-order valence-corrected chi connectivity index (χ3v) is 4.69. The number of nitrogens with zero attached hydrogens (tertiary/aromatic N) is 4. The molecule has 28 heavy (non-hydrogen) atoms. The maximum atomic E-state index is 5.63. The number of para-hydroxylation sites is 2. The van der Waals surface area contributed by atoms with Gasteiger partial charge in [-0.2, -0.15) is 15.0 Å². The van der Waals surface area contributed by atoms with E-state index in [4.69, 9.17) is 5.73 Å². The van der Waals surface area contributed by atoms with Crippen LogP contribution in [0.1, 0.15) is 0 Å². The number of likely N-dealkylation sites (N-methyl/N-ethyl adjacent to an activating group) is 1. The molecule has 0 atom stereocenters. The van der Waals surface area contributed by atoms with E-state index in [1.54, 1.807) is 0 Å².